The first-order valence-corrected chi connectivity index (χ1v) is 8.59. The van der Waals surface area contributed by atoms with E-state index in [9.17, 15) is 9.90 Å². The third kappa shape index (κ3) is 3.48. The van der Waals surface area contributed by atoms with E-state index in [1.54, 1.807) is 0 Å². The number of nitrogens with one attached hydrogen (secondary N) is 2. The molecule has 1 atom stereocenters. The largest absolute Gasteiger partial charge is 0.394 e. The normalized spacial score (nSPS) is 18.9. The molecule has 23 heavy (non-hydrogen) atoms. The molecule has 4 nitrogen and oxygen atoms in total. The Labute approximate surface area is 136 Å². The summed E-state index contributed by atoms with van der Waals surface area (Å²) in [5.41, 5.74) is 1.20. The molecule has 1 saturated carbocycles. The van der Waals surface area contributed by atoms with E-state index in [4.69, 9.17) is 0 Å². The van der Waals surface area contributed by atoms with E-state index in [1.165, 1.54) is 19.3 Å². The molecular weight excluding hydrogens is 288 g/mol. The molecule has 0 amide bonds. The molecule has 1 aliphatic rings. The Morgan fingerprint density at radius 2 is 2.00 bits per heavy atom. The number of H-pyrrole nitrogens is 1. The number of benzene rings is 1. The lowest BCUT2D eigenvalue weighted by Crippen LogP contribution is -2.52. The molecule has 0 spiro atoms. The van der Waals surface area contributed by atoms with E-state index in [1.807, 2.05) is 30.3 Å². The van der Waals surface area contributed by atoms with Gasteiger partial charge in [-0.2, -0.15) is 0 Å². The van der Waals surface area contributed by atoms with Gasteiger partial charge < -0.3 is 15.4 Å². The van der Waals surface area contributed by atoms with Gasteiger partial charge in [-0.1, -0.05) is 37.5 Å². The number of aliphatic hydroxyl groups is 1. The number of hydrogen-bond donors (Lipinski definition) is 3. The molecule has 0 aliphatic heterocycles. The third-order valence-electron chi connectivity index (χ3n) is 5.35. The van der Waals surface area contributed by atoms with Gasteiger partial charge in [-0.3, -0.25) is 4.79 Å². The molecule has 1 fully saturated rings. The van der Waals surface area contributed by atoms with Crippen LogP contribution in [-0.4, -0.2) is 22.2 Å². The molecule has 3 N–H and O–H groups in total. The highest BCUT2D eigenvalue weighted by Crippen LogP contribution is 2.32. The second-order valence-corrected chi connectivity index (χ2v) is 6.98. The molecule has 0 bridgehead atoms. The molecule has 1 aromatic heterocycles. The molecule has 0 radical (unpaired) electrons. The van der Waals surface area contributed by atoms with E-state index >= 15 is 0 Å². The summed E-state index contributed by atoms with van der Waals surface area (Å²) in [6.07, 6.45) is 6.07. The monoisotopic (exact) mass is 314 g/mol. The summed E-state index contributed by atoms with van der Waals surface area (Å²) in [5.74, 6) is 0.473. The molecule has 1 aromatic carbocycles. The van der Waals surface area contributed by atoms with Crippen LogP contribution in [0, 0.1) is 5.92 Å². The zero-order valence-corrected chi connectivity index (χ0v) is 13.8. The molecule has 1 aliphatic carbocycles. The summed E-state index contributed by atoms with van der Waals surface area (Å²) in [7, 11) is 0. The molecule has 0 saturated heterocycles. The minimum Gasteiger partial charge on any atom is -0.394 e. The van der Waals surface area contributed by atoms with E-state index in [0.29, 0.717) is 12.5 Å². The van der Waals surface area contributed by atoms with Crippen LogP contribution in [0.25, 0.3) is 10.9 Å². The first-order chi connectivity index (χ1) is 11.1. The predicted octanol–water partition coefficient (Wildman–Crippen LogP) is 2.95. The highest BCUT2D eigenvalue weighted by Gasteiger charge is 2.34. The second kappa shape index (κ2) is 6.85. The average molecular weight is 314 g/mol. The molecule has 1 heterocycles. The summed E-state index contributed by atoms with van der Waals surface area (Å²) in [6.45, 7) is 2.66. The van der Waals surface area contributed by atoms with E-state index in [2.05, 4.69) is 17.2 Å². The summed E-state index contributed by atoms with van der Waals surface area (Å²) in [5, 5.41) is 14.4. The summed E-state index contributed by atoms with van der Waals surface area (Å²) < 4.78 is 0. The molecule has 3 rings (SSSR count). The SMILES string of the molecule is C[C@@](CO)(NCc1cc2ccccc2[nH]c1=O)C1CCCCC1. The van der Waals surface area contributed by atoms with Gasteiger partial charge in [0, 0.05) is 23.2 Å². The van der Waals surface area contributed by atoms with E-state index in [-0.39, 0.29) is 17.7 Å². The lowest BCUT2D eigenvalue weighted by Gasteiger charge is -2.39. The minimum atomic E-state index is -0.321. The van der Waals surface area contributed by atoms with Crippen LogP contribution in [-0.2, 0) is 6.54 Å². The number of aromatic nitrogens is 1. The second-order valence-electron chi connectivity index (χ2n) is 6.98. The maximum absolute atomic E-state index is 12.3. The summed E-state index contributed by atoms with van der Waals surface area (Å²) in [6, 6.07) is 9.74. The van der Waals surface area contributed by atoms with Gasteiger partial charge in [-0.15, -0.1) is 0 Å². The fraction of sp³-hybridized carbons (Fsp3) is 0.526. The first kappa shape index (κ1) is 16.2. The van der Waals surface area contributed by atoms with Crippen molar-refractivity contribution in [3.63, 3.8) is 0 Å². The van der Waals surface area contributed by atoms with E-state index in [0.717, 1.165) is 29.3 Å². The van der Waals surface area contributed by atoms with E-state index < -0.39 is 0 Å². The van der Waals surface area contributed by atoms with Crippen LogP contribution >= 0.6 is 0 Å². The fourth-order valence-electron chi connectivity index (χ4n) is 3.69. The Balaban J connectivity index is 1.78. The Morgan fingerprint density at radius 1 is 1.26 bits per heavy atom. The summed E-state index contributed by atoms with van der Waals surface area (Å²) in [4.78, 5) is 15.2. The highest BCUT2D eigenvalue weighted by atomic mass is 16.3. The standard InChI is InChI=1S/C19H26N2O2/c1-19(13-22,16-8-3-2-4-9-16)20-12-15-11-14-7-5-6-10-17(14)21-18(15)23/h5-7,10-11,16,20,22H,2-4,8-9,12-13H2,1H3,(H,21,23)/t19-/m0/s1. The molecule has 4 heteroatoms. The Kier molecular flexibility index (Phi) is 4.83. The predicted molar refractivity (Wildman–Crippen MR) is 93.5 cm³/mol. The number of aliphatic hydroxyl groups excluding tert-OH is 1. The number of fused-ring (bicyclic) bond motifs is 1. The van der Waals surface area contributed by atoms with Gasteiger partial charge in [-0.25, -0.2) is 0 Å². The Bertz CT molecular complexity index is 719. The smallest absolute Gasteiger partial charge is 0.252 e. The van der Waals surface area contributed by atoms with Crippen LogP contribution in [0.4, 0.5) is 0 Å². The Morgan fingerprint density at radius 3 is 2.74 bits per heavy atom. The van der Waals surface area contributed by atoms with Gasteiger partial charge in [0.05, 0.1) is 6.61 Å². The number of para-hydroxylation sites is 1. The van der Waals surface area contributed by atoms with Crippen molar-refractivity contribution in [2.75, 3.05) is 6.61 Å². The van der Waals surface area contributed by atoms with Crippen LogP contribution in [0.1, 0.15) is 44.6 Å². The van der Waals surface area contributed by atoms with Crippen molar-refractivity contribution in [3.8, 4) is 0 Å². The third-order valence-corrected chi connectivity index (χ3v) is 5.35. The van der Waals surface area contributed by atoms with Crippen molar-refractivity contribution in [1.29, 1.82) is 0 Å². The van der Waals surface area contributed by atoms with Crippen molar-refractivity contribution < 1.29 is 5.11 Å². The Hall–Kier alpha value is -1.65. The van der Waals surface area contributed by atoms with Crippen LogP contribution in [0.5, 0.6) is 0 Å². The lowest BCUT2D eigenvalue weighted by atomic mass is 9.76. The number of rotatable bonds is 5. The highest BCUT2D eigenvalue weighted by molar-refractivity contribution is 5.78. The van der Waals surface area contributed by atoms with Crippen molar-refractivity contribution in [2.24, 2.45) is 5.92 Å². The van der Waals surface area contributed by atoms with Gasteiger partial charge in [0.1, 0.15) is 0 Å². The van der Waals surface area contributed by atoms with Crippen molar-refractivity contribution in [1.82, 2.24) is 10.3 Å². The van der Waals surface area contributed by atoms with Gasteiger partial charge in [0.25, 0.3) is 5.56 Å². The quantitative estimate of drug-likeness (QED) is 0.795. The van der Waals surface area contributed by atoms with Gasteiger partial charge in [0.2, 0.25) is 0 Å². The molecule has 2 aromatic rings. The first-order valence-electron chi connectivity index (χ1n) is 8.59. The van der Waals surface area contributed by atoms with Crippen LogP contribution in [0.15, 0.2) is 35.1 Å². The molecular formula is C19H26N2O2. The summed E-state index contributed by atoms with van der Waals surface area (Å²) >= 11 is 0. The zero-order valence-electron chi connectivity index (χ0n) is 13.8. The topological polar surface area (TPSA) is 65.1 Å². The van der Waals surface area contributed by atoms with Crippen LogP contribution in [0.2, 0.25) is 0 Å². The zero-order chi connectivity index (χ0) is 16.3. The van der Waals surface area contributed by atoms with Gasteiger partial charge in [0.15, 0.2) is 0 Å². The minimum absolute atomic E-state index is 0.0554. The average Bonchev–Trinajstić information content (AvgIpc) is 2.60. The van der Waals surface area contributed by atoms with Crippen molar-refractivity contribution in [3.05, 3.63) is 46.2 Å². The molecule has 0 unspecified atom stereocenters. The molecule has 124 valence electrons. The van der Waals surface area contributed by atoms with Crippen LogP contribution < -0.4 is 10.9 Å². The van der Waals surface area contributed by atoms with Crippen LogP contribution in [0.3, 0.4) is 0 Å². The fourth-order valence-corrected chi connectivity index (χ4v) is 3.69. The number of hydrogen-bond acceptors (Lipinski definition) is 3. The lowest BCUT2D eigenvalue weighted by molar-refractivity contribution is 0.0936. The van der Waals surface area contributed by atoms with Crippen molar-refractivity contribution >= 4 is 10.9 Å². The van der Waals surface area contributed by atoms with Crippen molar-refractivity contribution in [2.45, 2.75) is 51.1 Å². The van der Waals surface area contributed by atoms with Gasteiger partial charge >= 0.3 is 0 Å². The number of pyridine rings is 1. The maximum atomic E-state index is 12.3. The number of aromatic amines is 1. The van der Waals surface area contributed by atoms with Gasteiger partial charge in [-0.05, 0) is 43.2 Å². The maximum Gasteiger partial charge on any atom is 0.252 e.